The average molecular weight is 716 g/mol. The number of phenols is 1. The van der Waals surface area contributed by atoms with Crippen LogP contribution in [0.1, 0.15) is 47.2 Å². The molecular weight excluding hydrogens is 684 g/mol. The van der Waals surface area contributed by atoms with Crippen molar-refractivity contribution in [1.82, 2.24) is 0 Å². The number of anilines is 2. The van der Waals surface area contributed by atoms with Crippen LogP contribution in [0.5, 0.6) is 5.75 Å². The first kappa shape index (κ1) is 31.1. The normalized spacial score (nSPS) is 27.5. The van der Waals surface area contributed by atoms with Crippen molar-refractivity contribution in [2.45, 2.75) is 25.7 Å². The Balaban J connectivity index is 1.19. The zero-order valence-electron chi connectivity index (χ0n) is 26.5. The number of hydrogen-bond donors (Lipinski definition) is 1. The number of allylic oxidation sites excluding steroid dienone is 2. The molecule has 244 valence electrons. The van der Waals surface area contributed by atoms with E-state index in [2.05, 4.69) is 15.9 Å². The van der Waals surface area contributed by atoms with Crippen LogP contribution in [0.3, 0.4) is 0 Å². The third-order valence-corrected chi connectivity index (χ3v) is 11.5. The van der Waals surface area contributed by atoms with Crippen molar-refractivity contribution < 1.29 is 29.1 Å². The fourth-order valence-corrected chi connectivity index (χ4v) is 9.09. The summed E-state index contributed by atoms with van der Waals surface area (Å²) in [5.41, 5.74) is 1.83. The number of carbonyl (C=O) groups is 5. The van der Waals surface area contributed by atoms with Crippen LogP contribution in [0.2, 0.25) is 0 Å². The fraction of sp³-hybridized carbons (Fsp3) is 0.225. The van der Waals surface area contributed by atoms with Gasteiger partial charge in [0.05, 0.1) is 34.5 Å². The molecule has 3 fully saturated rings. The summed E-state index contributed by atoms with van der Waals surface area (Å²) in [5.74, 6) is -5.05. The predicted molar refractivity (Wildman–Crippen MR) is 186 cm³/mol. The van der Waals surface area contributed by atoms with Crippen LogP contribution in [-0.2, 0) is 19.2 Å². The smallest absolute Gasteiger partial charge is 0.241 e. The van der Waals surface area contributed by atoms with Crippen molar-refractivity contribution in [3.8, 4) is 5.75 Å². The van der Waals surface area contributed by atoms with Crippen LogP contribution in [0.15, 0.2) is 119 Å². The summed E-state index contributed by atoms with van der Waals surface area (Å²) < 4.78 is 0.695. The van der Waals surface area contributed by atoms with Gasteiger partial charge in [-0.15, -0.1) is 0 Å². The number of halogens is 1. The lowest BCUT2D eigenvalue weighted by molar-refractivity contribution is -0.131. The van der Waals surface area contributed by atoms with Crippen molar-refractivity contribution >= 4 is 56.7 Å². The lowest BCUT2D eigenvalue weighted by Crippen LogP contribution is -2.48. The second-order valence-electron chi connectivity index (χ2n) is 13.5. The van der Waals surface area contributed by atoms with Crippen molar-refractivity contribution in [2.24, 2.45) is 29.1 Å². The molecular formula is C40H31BrN2O6. The summed E-state index contributed by atoms with van der Waals surface area (Å²) in [7, 11) is 0. The molecule has 4 aromatic rings. The lowest BCUT2D eigenvalue weighted by Gasteiger charge is -2.49. The highest BCUT2D eigenvalue weighted by Crippen LogP contribution is 2.64. The zero-order valence-corrected chi connectivity index (χ0v) is 28.0. The van der Waals surface area contributed by atoms with Gasteiger partial charge in [0.1, 0.15) is 5.75 Å². The van der Waals surface area contributed by atoms with Crippen LogP contribution in [0.25, 0.3) is 0 Å². The number of aromatic hydroxyl groups is 1. The van der Waals surface area contributed by atoms with Crippen LogP contribution in [-0.4, -0.2) is 34.5 Å². The highest BCUT2D eigenvalue weighted by molar-refractivity contribution is 9.10. The monoisotopic (exact) mass is 714 g/mol. The number of ketones is 1. The largest absolute Gasteiger partial charge is 0.508 e. The first-order valence-corrected chi connectivity index (χ1v) is 17.1. The minimum absolute atomic E-state index is 0.0177. The predicted octanol–water partition coefficient (Wildman–Crippen LogP) is 6.82. The minimum Gasteiger partial charge on any atom is -0.508 e. The Kier molecular flexibility index (Phi) is 7.30. The molecule has 8 nitrogen and oxygen atoms in total. The van der Waals surface area contributed by atoms with E-state index in [1.165, 1.54) is 9.80 Å². The van der Waals surface area contributed by atoms with Gasteiger partial charge in [0.15, 0.2) is 5.78 Å². The molecule has 4 amide bonds. The first-order chi connectivity index (χ1) is 23.6. The average Bonchev–Trinajstić information content (AvgIpc) is 3.49. The van der Waals surface area contributed by atoms with Gasteiger partial charge in [-0.05, 0) is 80.3 Å². The number of carbonyl (C=O) groups excluding carboxylic acids is 5. The number of para-hydroxylation sites is 1. The maximum atomic E-state index is 14.5. The van der Waals surface area contributed by atoms with Crippen LogP contribution >= 0.6 is 15.9 Å². The van der Waals surface area contributed by atoms with E-state index < -0.39 is 35.0 Å². The zero-order chi connectivity index (χ0) is 34.2. The van der Waals surface area contributed by atoms with Gasteiger partial charge in [-0.25, -0.2) is 4.90 Å². The molecule has 0 aromatic heterocycles. The van der Waals surface area contributed by atoms with E-state index in [4.69, 9.17) is 0 Å². The van der Waals surface area contributed by atoms with Crippen LogP contribution in [0, 0.1) is 29.1 Å². The van der Waals surface area contributed by atoms with Crippen molar-refractivity contribution in [1.29, 1.82) is 0 Å². The molecule has 8 rings (SSSR count). The van der Waals surface area contributed by atoms with E-state index in [1.807, 2.05) is 18.2 Å². The highest BCUT2D eigenvalue weighted by atomic mass is 79.9. The van der Waals surface area contributed by atoms with Crippen LogP contribution in [0.4, 0.5) is 11.4 Å². The SMILES string of the molecule is C[C@@]12C(=O)N(c3ccccc3)C(=O)[C@@H]1C[C@@H]1C(=CC[C@@H]3C(=O)N(c4ccc(C(=O)c5ccccc5)cc4)C(=O)[C@@H]31)[C@@H]2c1cc(Br)ccc1O. The standard InChI is InChI=1S/C40H31BrN2O6/c1-40-31(37(47)43(39(40)49)25-10-6-3-7-11-25)21-29-27(34(40)30-20-24(41)14-19-32(30)44)17-18-28-33(29)38(48)42(36(28)46)26-15-12-23(13-16-26)35(45)22-8-4-2-5-9-22/h2-17,19-20,28-29,31,33-34,44H,18,21H2,1H3/t28-,29+,31-,33-,34+,40+/m0/s1. The number of fused-ring (bicyclic) bond motifs is 4. The van der Waals surface area contributed by atoms with Crippen molar-refractivity contribution in [3.63, 3.8) is 0 Å². The van der Waals surface area contributed by atoms with Gasteiger partial charge in [0.25, 0.3) is 0 Å². The van der Waals surface area contributed by atoms with Gasteiger partial charge in [-0.1, -0.05) is 76.1 Å². The van der Waals surface area contributed by atoms with Gasteiger partial charge < -0.3 is 5.11 Å². The molecule has 6 atom stereocenters. The molecule has 1 saturated carbocycles. The second kappa shape index (κ2) is 11.5. The molecule has 0 bridgehead atoms. The lowest BCUT2D eigenvalue weighted by atomic mass is 9.51. The number of amides is 4. The van der Waals surface area contributed by atoms with E-state index >= 15 is 0 Å². The van der Waals surface area contributed by atoms with E-state index in [1.54, 1.807) is 97.9 Å². The highest BCUT2D eigenvalue weighted by Gasteiger charge is 2.68. The third-order valence-electron chi connectivity index (χ3n) is 11.0. The van der Waals surface area contributed by atoms with Gasteiger partial charge in [-0.2, -0.15) is 0 Å². The second-order valence-corrected chi connectivity index (χ2v) is 14.4. The molecule has 0 radical (unpaired) electrons. The first-order valence-electron chi connectivity index (χ1n) is 16.3. The number of phenolic OH excluding ortho intramolecular Hbond substituents is 1. The third kappa shape index (κ3) is 4.59. The molecule has 2 aliphatic heterocycles. The molecule has 4 aliphatic rings. The Labute approximate surface area is 291 Å². The molecule has 0 spiro atoms. The molecule has 9 heteroatoms. The van der Waals surface area contributed by atoms with Gasteiger partial charge in [0.2, 0.25) is 23.6 Å². The molecule has 0 unspecified atom stereocenters. The molecule has 49 heavy (non-hydrogen) atoms. The molecule has 1 N–H and O–H groups in total. The summed E-state index contributed by atoms with van der Waals surface area (Å²) >= 11 is 3.52. The van der Waals surface area contributed by atoms with Gasteiger partial charge in [0, 0.05) is 27.1 Å². The number of hydrogen-bond acceptors (Lipinski definition) is 6. The van der Waals surface area contributed by atoms with Crippen LogP contribution < -0.4 is 9.80 Å². The Bertz CT molecular complexity index is 2100. The van der Waals surface area contributed by atoms with Crippen molar-refractivity contribution in [3.05, 3.63) is 136 Å². The topological polar surface area (TPSA) is 112 Å². The molecule has 2 heterocycles. The number of imide groups is 2. The summed E-state index contributed by atoms with van der Waals surface area (Å²) in [5, 5.41) is 11.2. The fourth-order valence-electron chi connectivity index (χ4n) is 8.71. The number of rotatable bonds is 5. The summed E-state index contributed by atoms with van der Waals surface area (Å²) in [6.07, 6.45) is 2.44. The van der Waals surface area contributed by atoms with E-state index in [0.717, 1.165) is 5.57 Å². The quantitative estimate of drug-likeness (QED) is 0.138. The molecule has 4 aromatic carbocycles. The molecule has 2 saturated heterocycles. The Hall–Kier alpha value is -5.15. The minimum atomic E-state index is -1.26. The Morgan fingerprint density at radius 3 is 2.08 bits per heavy atom. The number of benzene rings is 4. The van der Waals surface area contributed by atoms with E-state index in [9.17, 15) is 29.1 Å². The molecule has 2 aliphatic carbocycles. The van der Waals surface area contributed by atoms with E-state index in [0.29, 0.717) is 32.5 Å². The van der Waals surface area contributed by atoms with Gasteiger partial charge in [-0.3, -0.25) is 28.9 Å². The summed E-state index contributed by atoms with van der Waals surface area (Å²) in [4.78, 5) is 72.7. The summed E-state index contributed by atoms with van der Waals surface area (Å²) in [6.45, 7) is 1.79. The number of nitrogens with zero attached hydrogens (tertiary/aromatic N) is 2. The Morgan fingerprint density at radius 2 is 1.39 bits per heavy atom. The van der Waals surface area contributed by atoms with Crippen molar-refractivity contribution in [2.75, 3.05) is 9.80 Å². The maximum Gasteiger partial charge on any atom is 0.241 e. The summed E-state index contributed by atoms with van der Waals surface area (Å²) in [6, 6.07) is 29.2. The van der Waals surface area contributed by atoms with Gasteiger partial charge >= 0.3 is 0 Å². The maximum absolute atomic E-state index is 14.5. The van der Waals surface area contributed by atoms with E-state index in [-0.39, 0.29) is 48.0 Å². The Morgan fingerprint density at radius 1 is 0.755 bits per heavy atom.